The van der Waals surface area contributed by atoms with Crippen molar-refractivity contribution in [3.05, 3.63) is 50.9 Å². The van der Waals surface area contributed by atoms with E-state index in [1.165, 1.54) is 28.5 Å². The molecule has 1 N–H and O–H groups in total. The van der Waals surface area contributed by atoms with Gasteiger partial charge in [0, 0.05) is 11.4 Å². The second-order valence-electron chi connectivity index (χ2n) is 3.95. The average Bonchev–Trinajstić information content (AvgIpc) is 2.80. The molecule has 0 fully saturated rings. The number of aromatic nitrogens is 2. The number of aromatic amines is 1. The Morgan fingerprint density at radius 1 is 1.33 bits per heavy atom. The number of rotatable bonds is 1. The molecule has 3 rings (SSSR count). The Hall–Kier alpha value is -1.40. The first-order valence-electron chi connectivity index (χ1n) is 5.44. The van der Waals surface area contributed by atoms with Crippen LogP contribution < -0.4 is 5.56 Å². The zero-order chi connectivity index (χ0) is 12.7. The van der Waals surface area contributed by atoms with Crippen molar-refractivity contribution in [1.29, 1.82) is 0 Å². The van der Waals surface area contributed by atoms with E-state index in [-0.39, 0.29) is 11.4 Å². The number of halogens is 1. The van der Waals surface area contributed by atoms with Crippen LogP contribution >= 0.6 is 24.0 Å². The van der Waals surface area contributed by atoms with E-state index < -0.39 is 0 Å². The second kappa shape index (κ2) is 4.37. The molecule has 0 saturated carbocycles. The lowest BCUT2D eigenvalue weighted by Gasteiger charge is -2.08. The Bertz CT molecular complexity index is 718. The van der Waals surface area contributed by atoms with Crippen LogP contribution in [0.4, 0.5) is 4.39 Å². The predicted octanol–water partition coefficient (Wildman–Crippen LogP) is 2.68. The van der Waals surface area contributed by atoms with Gasteiger partial charge in [-0.25, -0.2) is 4.39 Å². The molecule has 6 heteroatoms. The molecule has 1 aliphatic heterocycles. The van der Waals surface area contributed by atoms with Crippen molar-refractivity contribution in [3.63, 3.8) is 0 Å². The van der Waals surface area contributed by atoms with Crippen LogP contribution in [0.15, 0.2) is 34.0 Å². The van der Waals surface area contributed by atoms with Crippen LogP contribution in [0.2, 0.25) is 0 Å². The molecule has 0 bridgehead atoms. The van der Waals surface area contributed by atoms with Crippen LogP contribution in [0.1, 0.15) is 5.69 Å². The maximum atomic E-state index is 12.9. The van der Waals surface area contributed by atoms with Gasteiger partial charge in [-0.15, -0.1) is 11.8 Å². The fourth-order valence-corrected chi connectivity index (χ4v) is 3.33. The van der Waals surface area contributed by atoms with Crippen molar-refractivity contribution in [2.24, 2.45) is 0 Å². The molecule has 92 valence electrons. The summed E-state index contributed by atoms with van der Waals surface area (Å²) in [5, 5.41) is 0. The summed E-state index contributed by atoms with van der Waals surface area (Å²) < 4.78 is 14.7. The van der Waals surface area contributed by atoms with Gasteiger partial charge < -0.3 is 4.98 Å². The van der Waals surface area contributed by atoms with Crippen molar-refractivity contribution in [1.82, 2.24) is 9.55 Å². The molecular formula is C12H9FN2OS2. The quantitative estimate of drug-likeness (QED) is 0.816. The number of hydrogen-bond acceptors (Lipinski definition) is 3. The van der Waals surface area contributed by atoms with Gasteiger partial charge in [-0.1, -0.05) is 0 Å². The summed E-state index contributed by atoms with van der Waals surface area (Å²) in [6.07, 6.45) is 0.836. The number of aryl methyl sites for hydroxylation is 1. The Kier molecular flexibility index (Phi) is 2.83. The van der Waals surface area contributed by atoms with E-state index >= 15 is 0 Å². The first-order chi connectivity index (χ1) is 8.66. The summed E-state index contributed by atoms with van der Waals surface area (Å²) >= 11 is 6.73. The molecule has 0 amide bonds. The Morgan fingerprint density at radius 2 is 2.06 bits per heavy atom. The summed E-state index contributed by atoms with van der Waals surface area (Å²) in [5.41, 5.74) is 1.37. The smallest absolute Gasteiger partial charge is 0.272 e. The van der Waals surface area contributed by atoms with E-state index in [0.29, 0.717) is 15.4 Å². The van der Waals surface area contributed by atoms with Gasteiger partial charge >= 0.3 is 0 Å². The zero-order valence-corrected chi connectivity index (χ0v) is 10.9. The van der Waals surface area contributed by atoms with E-state index in [1.54, 1.807) is 12.1 Å². The molecule has 1 aromatic carbocycles. The fourth-order valence-electron chi connectivity index (χ4n) is 1.97. The Balaban J connectivity index is 2.27. The first-order valence-corrected chi connectivity index (χ1v) is 6.83. The number of nitrogens with zero attached hydrogens (tertiary/aromatic N) is 1. The van der Waals surface area contributed by atoms with E-state index in [1.807, 2.05) is 0 Å². The number of hydrogen-bond donors (Lipinski definition) is 1. The minimum absolute atomic E-state index is 0.122. The van der Waals surface area contributed by atoms with Crippen LogP contribution in [0.3, 0.4) is 0 Å². The topological polar surface area (TPSA) is 37.8 Å². The predicted molar refractivity (Wildman–Crippen MR) is 71.6 cm³/mol. The maximum Gasteiger partial charge on any atom is 0.272 e. The molecule has 0 unspecified atom stereocenters. The Morgan fingerprint density at radius 3 is 2.78 bits per heavy atom. The number of fused-ring (bicyclic) bond motifs is 1. The van der Waals surface area contributed by atoms with Gasteiger partial charge in [-0.2, -0.15) is 0 Å². The highest BCUT2D eigenvalue weighted by Crippen LogP contribution is 2.26. The van der Waals surface area contributed by atoms with Crippen LogP contribution in [-0.2, 0) is 6.42 Å². The van der Waals surface area contributed by atoms with Gasteiger partial charge in [-0.05, 0) is 42.9 Å². The largest absolute Gasteiger partial charge is 0.334 e. The highest BCUT2D eigenvalue weighted by Gasteiger charge is 2.18. The number of H-pyrrole nitrogens is 1. The fraction of sp³-hybridized carbons (Fsp3) is 0.167. The normalized spacial score (nSPS) is 13.6. The summed E-state index contributed by atoms with van der Waals surface area (Å²) in [6, 6.07) is 5.73. The second-order valence-corrected chi connectivity index (χ2v) is 5.45. The SMILES string of the molecule is O=c1c2c([nH]c(=S)n1-c1ccc(F)cc1)CCS2. The maximum absolute atomic E-state index is 12.9. The van der Waals surface area contributed by atoms with Crippen LogP contribution in [0, 0.1) is 10.6 Å². The van der Waals surface area contributed by atoms with Crippen LogP contribution in [-0.4, -0.2) is 15.3 Å². The van der Waals surface area contributed by atoms with Crippen molar-refractivity contribution in [2.45, 2.75) is 11.3 Å². The van der Waals surface area contributed by atoms with Gasteiger partial charge in [-0.3, -0.25) is 9.36 Å². The number of thioether (sulfide) groups is 1. The van der Waals surface area contributed by atoms with Crippen molar-refractivity contribution < 1.29 is 4.39 Å². The lowest BCUT2D eigenvalue weighted by atomic mass is 10.3. The van der Waals surface area contributed by atoms with Gasteiger partial charge in [0.1, 0.15) is 5.82 Å². The van der Waals surface area contributed by atoms with Gasteiger partial charge in [0.15, 0.2) is 4.77 Å². The Labute approximate surface area is 112 Å². The molecule has 0 radical (unpaired) electrons. The molecule has 2 heterocycles. The summed E-state index contributed by atoms with van der Waals surface area (Å²) in [7, 11) is 0. The standard InChI is InChI=1S/C12H9FN2OS2/c13-7-1-3-8(4-2-7)15-11(16)10-9(5-6-18-10)14-12(15)17/h1-4H,5-6H2,(H,14,17). The lowest BCUT2D eigenvalue weighted by Crippen LogP contribution is -2.22. The average molecular weight is 280 g/mol. The van der Waals surface area contributed by atoms with Crippen molar-refractivity contribution >= 4 is 24.0 Å². The summed E-state index contributed by atoms with van der Waals surface area (Å²) in [4.78, 5) is 16.1. The van der Waals surface area contributed by atoms with Crippen LogP contribution in [0.25, 0.3) is 5.69 Å². The van der Waals surface area contributed by atoms with Gasteiger partial charge in [0.25, 0.3) is 5.56 Å². The minimum atomic E-state index is -0.336. The number of nitrogens with one attached hydrogen (secondary N) is 1. The summed E-state index contributed by atoms with van der Waals surface area (Å²) in [5.74, 6) is 0.556. The molecule has 0 spiro atoms. The molecule has 1 aliphatic rings. The van der Waals surface area contributed by atoms with E-state index in [0.717, 1.165) is 17.9 Å². The van der Waals surface area contributed by atoms with Crippen molar-refractivity contribution in [3.8, 4) is 5.69 Å². The molecular weight excluding hydrogens is 271 g/mol. The number of benzene rings is 1. The van der Waals surface area contributed by atoms with E-state index in [4.69, 9.17) is 12.2 Å². The zero-order valence-electron chi connectivity index (χ0n) is 9.27. The minimum Gasteiger partial charge on any atom is -0.334 e. The molecule has 0 atom stereocenters. The first kappa shape index (κ1) is 11.7. The van der Waals surface area contributed by atoms with Crippen LogP contribution in [0.5, 0.6) is 0 Å². The third kappa shape index (κ3) is 1.81. The molecule has 1 aromatic heterocycles. The molecule has 3 nitrogen and oxygen atoms in total. The van der Waals surface area contributed by atoms with Crippen molar-refractivity contribution in [2.75, 3.05) is 5.75 Å². The van der Waals surface area contributed by atoms with Gasteiger partial charge in [0.05, 0.1) is 10.6 Å². The molecule has 2 aromatic rings. The van der Waals surface area contributed by atoms with Gasteiger partial charge in [0.2, 0.25) is 0 Å². The molecule has 0 aliphatic carbocycles. The van der Waals surface area contributed by atoms with E-state index in [2.05, 4.69) is 4.98 Å². The molecule has 18 heavy (non-hydrogen) atoms. The lowest BCUT2D eigenvalue weighted by molar-refractivity contribution is 0.627. The highest BCUT2D eigenvalue weighted by molar-refractivity contribution is 7.99. The third-order valence-electron chi connectivity index (χ3n) is 2.82. The summed E-state index contributed by atoms with van der Waals surface area (Å²) in [6.45, 7) is 0. The third-order valence-corrected chi connectivity index (χ3v) is 4.22. The monoisotopic (exact) mass is 280 g/mol. The molecule has 0 saturated heterocycles. The highest BCUT2D eigenvalue weighted by atomic mass is 32.2. The van der Waals surface area contributed by atoms with E-state index in [9.17, 15) is 9.18 Å².